The SMILES string of the molecule is CCCC(CNCC1CN(c2ccc(N3CCN(C(=O)COC)CC3)c(F)c2)C(=O)O1)C(N)=O. The number of amides is 3. The van der Waals surface area contributed by atoms with Crippen molar-refractivity contribution in [2.75, 3.05) is 69.3 Å². The predicted octanol–water partition coefficient (Wildman–Crippen LogP) is 0.937. The molecule has 34 heavy (non-hydrogen) atoms. The van der Waals surface area contributed by atoms with Crippen LogP contribution in [0.2, 0.25) is 0 Å². The topological polar surface area (TPSA) is 117 Å². The Kier molecular flexibility index (Phi) is 9.05. The number of carbonyl (C=O) groups excluding carboxylic acids is 3. The van der Waals surface area contributed by atoms with Gasteiger partial charge in [-0.05, 0) is 24.6 Å². The number of anilines is 2. The Labute approximate surface area is 199 Å². The average molecular weight is 480 g/mol. The van der Waals surface area contributed by atoms with Crippen molar-refractivity contribution >= 4 is 29.3 Å². The summed E-state index contributed by atoms with van der Waals surface area (Å²) in [6.07, 6.45) is 0.598. The first-order chi connectivity index (χ1) is 16.3. The Morgan fingerprint density at radius 3 is 2.65 bits per heavy atom. The maximum atomic E-state index is 15.0. The van der Waals surface area contributed by atoms with Crippen molar-refractivity contribution in [3.05, 3.63) is 24.0 Å². The summed E-state index contributed by atoms with van der Waals surface area (Å²) in [5.74, 6) is -1.13. The van der Waals surface area contributed by atoms with Crippen LogP contribution in [0.3, 0.4) is 0 Å². The number of hydrogen-bond donors (Lipinski definition) is 2. The number of halogens is 1. The number of nitrogens with two attached hydrogens (primary N) is 1. The van der Waals surface area contributed by atoms with E-state index in [0.29, 0.717) is 57.1 Å². The molecule has 1 aromatic carbocycles. The number of methoxy groups -OCH3 is 1. The second kappa shape index (κ2) is 12.0. The Bertz CT molecular complexity index is 877. The number of benzene rings is 1. The molecule has 1 aromatic rings. The summed E-state index contributed by atoms with van der Waals surface area (Å²) in [6.45, 7) is 5.10. The molecule has 0 saturated carbocycles. The number of nitrogens with one attached hydrogen (secondary N) is 1. The first-order valence-electron chi connectivity index (χ1n) is 11.6. The van der Waals surface area contributed by atoms with Crippen molar-refractivity contribution in [1.29, 1.82) is 0 Å². The fraction of sp³-hybridized carbons (Fsp3) is 0.609. The molecular weight excluding hydrogens is 445 g/mol. The zero-order valence-corrected chi connectivity index (χ0v) is 19.8. The van der Waals surface area contributed by atoms with Crippen LogP contribution in [0, 0.1) is 11.7 Å². The number of hydrogen-bond acceptors (Lipinski definition) is 7. The molecule has 10 nitrogen and oxygen atoms in total. The number of cyclic esters (lactones) is 1. The van der Waals surface area contributed by atoms with Crippen LogP contribution in [-0.4, -0.2) is 88.4 Å². The van der Waals surface area contributed by atoms with Crippen LogP contribution < -0.4 is 20.9 Å². The monoisotopic (exact) mass is 479 g/mol. The van der Waals surface area contributed by atoms with E-state index in [4.69, 9.17) is 15.2 Å². The molecule has 2 heterocycles. The molecule has 0 radical (unpaired) electrons. The largest absolute Gasteiger partial charge is 0.443 e. The second-order valence-electron chi connectivity index (χ2n) is 8.60. The van der Waals surface area contributed by atoms with Crippen LogP contribution in [-0.2, 0) is 19.1 Å². The van der Waals surface area contributed by atoms with Gasteiger partial charge in [0.15, 0.2) is 0 Å². The summed E-state index contributed by atoms with van der Waals surface area (Å²) in [4.78, 5) is 40.8. The van der Waals surface area contributed by atoms with E-state index < -0.39 is 18.0 Å². The van der Waals surface area contributed by atoms with E-state index in [0.717, 1.165) is 6.42 Å². The third-order valence-electron chi connectivity index (χ3n) is 6.16. The van der Waals surface area contributed by atoms with Crippen LogP contribution in [0.5, 0.6) is 0 Å². The number of carbonyl (C=O) groups is 3. The Balaban J connectivity index is 1.54. The minimum Gasteiger partial charge on any atom is -0.443 e. The van der Waals surface area contributed by atoms with Gasteiger partial charge in [-0.2, -0.15) is 0 Å². The summed E-state index contributed by atoms with van der Waals surface area (Å²) in [7, 11) is 1.48. The molecule has 11 heteroatoms. The molecule has 2 atom stereocenters. The Morgan fingerprint density at radius 2 is 2.03 bits per heavy atom. The lowest BCUT2D eigenvalue weighted by atomic mass is 10.0. The summed E-state index contributed by atoms with van der Waals surface area (Å²) in [5, 5.41) is 3.15. The van der Waals surface area contributed by atoms with E-state index in [9.17, 15) is 18.8 Å². The predicted molar refractivity (Wildman–Crippen MR) is 125 cm³/mol. The molecule has 3 amide bonds. The summed E-state index contributed by atoms with van der Waals surface area (Å²) < 4.78 is 25.2. The highest BCUT2D eigenvalue weighted by atomic mass is 19.1. The molecule has 2 unspecified atom stereocenters. The van der Waals surface area contributed by atoms with E-state index in [2.05, 4.69) is 5.32 Å². The maximum Gasteiger partial charge on any atom is 0.414 e. The molecule has 0 bridgehead atoms. The molecule has 2 aliphatic heterocycles. The summed E-state index contributed by atoms with van der Waals surface area (Å²) >= 11 is 0. The van der Waals surface area contributed by atoms with Gasteiger partial charge < -0.3 is 30.3 Å². The van der Waals surface area contributed by atoms with Crippen LogP contribution in [0.15, 0.2) is 18.2 Å². The highest BCUT2D eigenvalue weighted by Crippen LogP contribution is 2.28. The van der Waals surface area contributed by atoms with Gasteiger partial charge >= 0.3 is 6.09 Å². The molecule has 2 aliphatic rings. The van der Waals surface area contributed by atoms with Gasteiger partial charge in [0, 0.05) is 46.4 Å². The van der Waals surface area contributed by atoms with Crippen molar-refractivity contribution in [2.24, 2.45) is 11.7 Å². The fourth-order valence-electron chi connectivity index (χ4n) is 4.28. The first kappa shape index (κ1) is 25.7. The number of piperazine rings is 1. The van der Waals surface area contributed by atoms with Gasteiger partial charge in [0.25, 0.3) is 0 Å². The van der Waals surface area contributed by atoms with Crippen LogP contribution >= 0.6 is 0 Å². The average Bonchev–Trinajstić information content (AvgIpc) is 3.19. The molecule has 0 aliphatic carbocycles. The fourth-order valence-corrected chi connectivity index (χ4v) is 4.28. The minimum absolute atomic E-state index is 0.0377. The van der Waals surface area contributed by atoms with Crippen LogP contribution in [0.4, 0.5) is 20.6 Å². The molecule has 188 valence electrons. The van der Waals surface area contributed by atoms with Crippen molar-refractivity contribution < 1.29 is 28.2 Å². The number of ether oxygens (including phenoxy) is 2. The number of nitrogens with zero attached hydrogens (tertiary/aromatic N) is 3. The van der Waals surface area contributed by atoms with Gasteiger partial charge in [0.2, 0.25) is 11.8 Å². The van der Waals surface area contributed by atoms with Crippen molar-refractivity contribution in [2.45, 2.75) is 25.9 Å². The third kappa shape index (κ3) is 6.35. The van der Waals surface area contributed by atoms with Crippen LogP contribution in [0.1, 0.15) is 19.8 Å². The number of rotatable bonds is 11. The van der Waals surface area contributed by atoms with E-state index in [1.165, 1.54) is 18.1 Å². The molecular formula is C23H34FN5O5. The highest BCUT2D eigenvalue weighted by Gasteiger charge is 2.33. The maximum absolute atomic E-state index is 15.0. The van der Waals surface area contributed by atoms with Crippen molar-refractivity contribution in [1.82, 2.24) is 10.2 Å². The van der Waals surface area contributed by atoms with E-state index in [1.807, 2.05) is 11.8 Å². The molecule has 2 fully saturated rings. The molecule has 0 spiro atoms. The normalized spacial score (nSPS) is 19.3. The second-order valence-corrected chi connectivity index (χ2v) is 8.60. The zero-order valence-electron chi connectivity index (χ0n) is 19.8. The summed E-state index contributed by atoms with van der Waals surface area (Å²) in [6, 6.07) is 4.68. The molecule has 2 saturated heterocycles. The van der Waals surface area contributed by atoms with Gasteiger partial charge in [-0.25, -0.2) is 9.18 Å². The van der Waals surface area contributed by atoms with Gasteiger partial charge in [-0.15, -0.1) is 0 Å². The van der Waals surface area contributed by atoms with E-state index in [1.54, 1.807) is 17.0 Å². The van der Waals surface area contributed by atoms with Gasteiger partial charge in [-0.3, -0.25) is 14.5 Å². The smallest absolute Gasteiger partial charge is 0.414 e. The molecule has 3 rings (SSSR count). The standard InChI is InChI=1S/C23H34FN5O5/c1-3-4-16(22(25)31)12-26-13-18-14-29(23(32)34-18)17-5-6-20(19(24)11-17)27-7-9-28(10-8-27)21(30)15-33-2/h5-6,11,16,18,26H,3-4,7-10,12-15H2,1-2H3,(H2,25,31). The van der Waals surface area contributed by atoms with E-state index >= 15 is 0 Å². The molecule has 3 N–H and O–H groups in total. The Hall–Kier alpha value is -2.92. The number of primary amides is 1. The minimum atomic E-state index is -0.538. The van der Waals surface area contributed by atoms with Gasteiger partial charge in [0.1, 0.15) is 18.5 Å². The third-order valence-corrected chi connectivity index (χ3v) is 6.16. The lowest BCUT2D eigenvalue weighted by Crippen LogP contribution is -2.50. The lowest BCUT2D eigenvalue weighted by Gasteiger charge is -2.36. The lowest BCUT2D eigenvalue weighted by molar-refractivity contribution is -0.135. The molecule has 0 aromatic heterocycles. The van der Waals surface area contributed by atoms with Crippen LogP contribution in [0.25, 0.3) is 0 Å². The highest BCUT2D eigenvalue weighted by molar-refractivity contribution is 5.90. The Morgan fingerprint density at radius 1 is 1.29 bits per heavy atom. The van der Waals surface area contributed by atoms with Gasteiger partial charge in [-0.1, -0.05) is 13.3 Å². The van der Waals surface area contributed by atoms with Crippen molar-refractivity contribution in [3.8, 4) is 0 Å². The van der Waals surface area contributed by atoms with E-state index in [-0.39, 0.29) is 30.9 Å². The summed E-state index contributed by atoms with van der Waals surface area (Å²) in [5.41, 5.74) is 6.27. The zero-order chi connectivity index (χ0) is 24.7. The quantitative estimate of drug-likeness (QED) is 0.485. The van der Waals surface area contributed by atoms with Crippen molar-refractivity contribution in [3.63, 3.8) is 0 Å². The first-order valence-corrected chi connectivity index (χ1v) is 11.6. The van der Waals surface area contributed by atoms with Gasteiger partial charge in [0.05, 0.1) is 23.8 Å².